The summed E-state index contributed by atoms with van der Waals surface area (Å²) < 4.78 is 17.4. The van der Waals surface area contributed by atoms with Gasteiger partial charge >= 0.3 is 6.09 Å². The number of carbonyl (C=O) groups is 1. The second-order valence-electron chi connectivity index (χ2n) is 6.23. The van der Waals surface area contributed by atoms with Crippen LogP contribution < -0.4 is 5.32 Å². The van der Waals surface area contributed by atoms with Crippen LogP contribution in [0.4, 0.5) is 4.79 Å². The lowest BCUT2D eigenvalue weighted by atomic mass is 10.2. The van der Waals surface area contributed by atoms with E-state index >= 15 is 0 Å². The molecule has 0 saturated heterocycles. The van der Waals surface area contributed by atoms with E-state index in [4.69, 9.17) is 4.74 Å². The highest BCUT2D eigenvalue weighted by atomic mass is 31.2. The average Bonchev–Trinajstić information content (AvgIpc) is 2.72. The van der Waals surface area contributed by atoms with Gasteiger partial charge in [-0.2, -0.15) is 0 Å². The molecular formula is C14H26NO4P. The third-order valence-electron chi connectivity index (χ3n) is 3.07. The van der Waals surface area contributed by atoms with Gasteiger partial charge in [-0.1, -0.05) is 19.4 Å². The van der Waals surface area contributed by atoms with Gasteiger partial charge in [-0.3, -0.25) is 4.57 Å². The molecule has 116 valence electrons. The van der Waals surface area contributed by atoms with E-state index in [-0.39, 0.29) is 6.04 Å². The van der Waals surface area contributed by atoms with Crippen molar-refractivity contribution in [3.05, 3.63) is 11.4 Å². The minimum absolute atomic E-state index is 0.207. The topological polar surface area (TPSA) is 75.6 Å². The molecule has 20 heavy (non-hydrogen) atoms. The second-order valence-corrected chi connectivity index (χ2v) is 8.65. The van der Waals surface area contributed by atoms with E-state index in [0.29, 0.717) is 24.3 Å². The number of carbonyl (C=O) groups excluding carboxylic acids is 1. The number of unbranched alkanes of at least 4 members (excludes halogenated alkanes) is 1. The lowest BCUT2D eigenvalue weighted by Gasteiger charge is -2.21. The van der Waals surface area contributed by atoms with Crippen molar-refractivity contribution in [1.29, 1.82) is 0 Å². The molecule has 0 radical (unpaired) electrons. The number of nitrogens with one attached hydrogen (secondary N) is 1. The molecule has 0 heterocycles. The largest absolute Gasteiger partial charge is 0.444 e. The molecule has 2 unspecified atom stereocenters. The molecule has 0 fully saturated rings. The predicted octanol–water partition coefficient (Wildman–Crippen LogP) is 3.63. The molecule has 2 atom stereocenters. The fourth-order valence-electron chi connectivity index (χ4n) is 2.08. The molecule has 0 bridgehead atoms. The number of hydrogen-bond acceptors (Lipinski definition) is 3. The Morgan fingerprint density at radius 2 is 2.20 bits per heavy atom. The molecule has 5 nitrogen and oxygen atoms in total. The summed E-state index contributed by atoms with van der Waals surface area (Å²) in [4.78, 5) is 21.7. The van der Waals surface area contributed by atoms with E-state index in [1.165, 1.54) is 0 Å². The maximum absolute atomic E-state index is 12.2. The number of allylic oxidation sites excluding steroid dienone is 1. The van der Waals surface area contributed by atoms with Crippen LogP contribution in [0.2, 0.25) is 0 Å². The van der Waals surface area contributed by atoms with Crippen LogP contribution in [-0.2, 0) is 9.30 Å². The van der Waals surface area contributed by atoms with Crippen LogP contribution in [0.25, 0.3) is 0 Å². The molecule has 0 aromatic heterocycles. The Bertz CT molecular complexity index is 425. The molecular weight excluding hydrogens is 277 g/mol. The molecule has 0 spiro atoms. The van der Waals surface area contributed by atoms with Gasteiger partial charge < -0.3 is 14.9 Å². The Morgan fingerprint density at radius 3 is 2.75 bits per heavy atom. The van der Waals surface area contributed by atoms with Crippen LogP contribution in [0.3, 0.4) is 0 Å². The number of alkyl carbamates (subject to hydrolysis) is 1. The second kappa shape index (κ2) is 6.77. The first-order valence-corrected chi connectivity index (χ1v) is 9.01. The lowest BCUT2D eigenvalue weighted by Crippen LogP contribution is -2.37. The summed E-state index contributed by atoms with van der Waals surface area (Å²) in [5.74, 6) is 0. The Kier molecular flexibility index (Phi) is 5.84. The maximum Gasteiger partial charge on any atom is 0.408 e. The van der Waals surface area contributed by atoms with E-state index < -0.39 is 19.1 Å². The minimum atomic E-state index is -3.21. The van der Waals surface area contributed by atoms with Crippen molar-refractivity contribution < 1.29 is 19.0 Å². The standard InChI is InChI=1S/C14H26NO4P/c1-5-6-9-20(17,18)12-8-7-11(10-12)15-13(16)19-14(2,3)4/h10-11H,5-9H2,1-4H3,(H,15,16)(H,17,18). The van der Waals surface area contributed by atoms with Crippen molar-refractivity contribution in [2.75, 3.05) is 6.16 Å². The fraction of sp³-hybridized carbons (Fsp3) is 0.786. The van der Waals surface area contributed by atoms with Gasteiger partial charge in [0.1, 0.15) is 5.60 Å². The van der Waals surface area contributed by atoms with Crippen molar-refractivity contribution in [1.82, 2.24) is 5.32 Å². The lowest BCUT2D eigenvalue weighted by molar-refractivity contribution is 0.0514. The van der Waals surface area contributed by atoms with Gasteiger partial charge in [0.2, 0.25) is 7.37 Å². The van der Waals surface area contributed by atoms with E-state index in [1.54, 1.807) is 26.8 Å². The van der Waals surface area contributed by atoms with Crippen molar-refractivity contribution >= 4 is 13.5 Å². The van der Waals surface area contributed by atoms with E-state index in [9.17, 15) is 14.3 Å². The molecule has 0 saturated carbocycles. The quantitative estimate of drug-likeness (QED) is 0.760. The van der Waals surface area contributed by atoms with E-state index in [2.05, 4.69) is 5.32 Å². The fourth-order valence-corrected chi connectivity index (χ4v) is 4.01. The zero-order chi connectivity index (χ0) is 15.4. The molecule has 0 aromatic carbocycles. The van der Waals surface area contributed by atoms with Crippen molar-refractivity contribution in [3.8, 4) is 0 Å². The van der Waals surface area contributed by atoms with Gasteiger partial charge in [-0.15, -0.1) is 0 Å². The Hall–Kier alpha value is -0.800. The van der Waals surface area contributed by atoms with Crippen LogP contribution in [0, 0.1) is 0 Å². The number of hydrogen-bond donors (Lipinski definition) is 2. The van der Waals surface area contributed by atoms with Gasteiger partial charge in [0.25, 0.3) is 0 Å². The monoisotopic (exact) mass is 303 g/mol. The van der Waals surface area contributed by atoms with Crippen LogP contribution in [0.5, 0.6) is 0 Å². The van der Waals surface area contributed by atoms with Gasteiger partial charge in [0.05, 0.1) is 6.04 Å². The molecule has 0 aliphatic heterocycles. The van der Waals surface area contributed by atoms with Crippen LogP contribution in [0.15, 0.2) is 11.4 Å². The highest BCUT2D eigenvalue weighted by Gasteiger charge is 2.30. The summed E-state index contributed by atoms with van der Waals surface area (Å²) in [6, 6.07) is -0.207. The summed E-state index contributed by atoms with van der Waals surface area (Å²) in [6.07, 6.45) is 4.44. The first-order chi connectivity index (χ1) is 9.14. The first-order valence-electron chi connectivity index (χ1n) is 7.16. The normalized spacial score (nSPS) is 22.1. The molecule has 1 amide bonds. The van der Waals surface area contributed by atoms with Gasteiger partial charge in [-0.05, 0) is 40.0 Å². The SMILES string of the molecule is CCCCP(=O)(O)C1=CC(NC(=O)OC(C)(C)C)CC1. The third-order valence-corrected chi connectivity index (χ3v) is 5.26. The number of rotatable bonds is 5. The predicted molar refractivity (Wildman–Crippen MR) is 80.1 cm³/mol. The smallest absolute Gasteiger partial charge is 0.408 e. The molecule has 2 N–H and O–H groups in total. The highest BCUT2D eigenvalue weighted by molar-refractivity contribution is 7.62. The maximum atomic E-state index is 12.2. The van der Waals surface area contributed by atoms with Crippen molar-refractivity contribution in [2.45, 2.75) is 65.0 Å². The van der Waals surface area contributed by atoms with Crippen LogP contribution in [0.1, 0.15) is 53.4 Å². The van der Waals surface area contributed by atoms with Crippen LogP contribution in [-0.4, -0.2) is 28.8 Å². The number of amides is 1. The first kappa shape index (κ1) is 17.3. The van der Waals surface area contributed by atoms with Crippen LogP contribution >= 0.6 is 7.37 Å². The summed E-state index contributed by atoms with van der Waals surface area (Å²) in [7, 11) is -3.21. The minimum Gasteiger partial charge on any atom is -0.444 e. The van der Waals surface area contributed by atoms with Gasteiger partial charge in [0, 0.05) is 11.5 Å². The van der Waals surface area contributed by atoms with Crippen molar-refractivity contribution in [3.63, 3.8) is 0 Å². The van der Waals surface area contributed by atoms with E-state index in [0.717, 1.165) is 12.8 Å². The van der Waals surface area contributed by atoms with Gasteiger partial charge in [-0.25, -0.2) is 4.79 Å². The molecule has 0 aromatic rings. The highest BCUT2D eigenvalue weighted by Crippen LogP contribution is 2.54. The molecule has 1 rings (SSSR count). The third kappa shape index (κ3) is 5.68. The Labute approximate surface area is 121 Å². The van der Waals surface area contributed by atoms with Gasteiger partial charge in [0.15, 0.2) is 0 Å². The summed E-state index contributed by atoms with van der Waals surface area (Å²) in [5.41, 5.74) is -0.539. The molecule has 6 heteroatoms. The number of ether oxygens (including phenoxy) is 1. The zero-order valence-corrected chi connectivity index (χ0v) is 13.7. The van der Waals surface area contributed by atoms with E-state index in [1.807, 2.05) is 6.92 Å². The molecule has 1 aliphatic carbocycles. The zero-order valence-electron chi connectivity index (χ0n) is 12.8. The summed E-state index contributed by atoms with van der Waals surface area (Å²) >= 11 is 0. The summed E-state index contributed by atoms with van der Waals surface area (Å²) in [5, 5.41) is 3.31. The molecule has 1 aliphatic rings. The van der Waals surface area contributed by atoms with Crippen molar-refractivity contribution in [2.24, 2.45) is 0 Å². The Balaban J connectivity index is 2.56. The summed E-state index contributed by atoms with van der Waals surface area (Å²) in [6.45, 7) is 7.40. The average molecular weight is 303 g/mol. The Morgan fingerprint density at radius 1 is 1.55 bits per heavy atom.